The molecule has 0 spiro atoms. The summed E-state index contributed by atoms with van der Waals surface area (Å²) in [4.78, 5) is 14.2. The van der Waals surface area contributed by atoms with Crippen molar-refractivity contribution in [3.8, 4) is 0 Å². The van der Waals surface area contributed by atoms with Crippen LogP contribution < -0.4 is 5.32 Å². The normalized spacial score (nSPS) is 29.7. The van der Waals surface area contributed by atoms with E-state index in [1.54, 1.807) is 0 Å². The molecule has 3 unspecified atom stereocenters. The van der Waals surface area contributed by atoms with Gasteiger partial charge in [0.15, 0.2) is 0 Å². The first-order valence-electron chi connectivity index (χ1n) is 9.48. The lowest BCUT2D eigenvalue weighted by Crippen LogP contribution is -2.52. The van der Waals surface area contributed by atoms with Crippen molar-refractivity contribution in [1.29, 1.82) is 0 Å². The number of ether oxygens (including phenoxy) is 1. The molecule has 1 aliphatic heterocycles. The molecule has 23 heavy (non-hydrogen) atoms. The van der Waals surface area contributed by atoms with Gasteiger partial charge in [-0.25, -0.2) is 4.79 Å². The lowest BCUT2D eigenvalue weighted by Gasteiger charge is -2.39. The lowest BCUT2D eigenvalue weighted by atomic mass is 9.79. The summed E-state index contributed by atoms with van der Waals surface area (Å²) in [6.45, 7) is 12.1. The highest BCUT2D eigenvalue weighted by molar-refractivity contribution is 5.68. The molecular formula is C19H36N2O2. The Kier molecular flexibility index (Phi) is 6.35. The minimum absolute atomic E-state index is 0.160. The first kappa shape index (κ1) is 18.6. The van der Waals surface area contributed by atoms with E-state index in [1.165, 1.54) is 32.1 Å². The van der Waals surface area contributed by atoms with Gasteiger partial charge < -0.3 is 15.0 Å². The van der Waals surface area contributed by atoms with Gasteiger partial charge >= 0.3 is 6.09 Å². The molecule has 1 amide bonds. The average molecular weight is 325 g/mol. The van der Waals surface area contributed by atoms with Crippen molar-refractivity contribution >= 4 is 6.09 Å². The molecule has 1 aliphatic carbocycles. The fraction of sp³-hybridized carbons (Fsp3) is 0.947. The van der Waals surface area contributed by atoms with E-state index in [4.69, 9.17) is 4.74 Å². The van der Waals surface area contributed by atoms with Gasteiger partial charge in [-0.05, 0) is 58.3 Å². The van der Waals surface area contributed by atoms with Crippen LogP contribution in [-0.4, -0.2) is 41.8 Å². The molecule has 1 saturated carbocycles. The smallest absolute Gasteiger partial charge is 0.410 e. The third-order valence-electron chi connectivity index (χ3n) is 5.20. The van der Waals surface area contributed by atoms with Crippen molar-refractivity contribution in [3.63, 3.8) is 0 Å². The molecule has 0 aromatic rings. The van der Waals surface area contributed by atoms with E-state index in [1.807, 2.05) is 25.7 Å². The van der Waals surface area contributed by atoms with Crippen LogP contribution in [0.4, 0.5) is 4.79 Å². The first-order chi connectivity index (χ1) is 10.7. The lowest BCUT2D eigenvalue weighted by molar-refractivity contribution is 0.0179. The van der Waals surface area contributed by atoms with E-state index in [2.05, 4.69) is 19.2 Å². The SMILES string of the molecule is CC(C)C1CCCC(NC2CCCN(C(=O)OC(C)(C)C)C2)C1. The van der Waals surface area contributed by atoms with Crippen molar-refractivity contribution in [2.45, 2.75) is 90.8 Å². The number of hydrogen-bond donors (Lipinski definition) is 1. The number of likely N-dealkylation sites (tertiary alicyclic amines) is 1. The van der Waals surface area contributed by atoms with Gasteiger partial charge in [0.2, 0.25) is 0 Å². The molecule has 2 rings (SSSR count). The highest BCUT2D eigenvalue weighted by Crippen LogP contribution is 2.30. The molecule has 0 aromatic carbocycles. The Morgan fingerprint density at radius 3 is 2.48 bits per heavy atom. The Hall–Kier alpha value is -0.770. The number of hydrogen-bond acceptors (Lipinski definition) is 3. The van der Waals surface area contributed by atoms with Crippen molar-refractivity contribution in [2.75, 3.05) is 13.1 Å². The number of carbonyl (C=O) groups excluding carboxylic acids is 1. The van der Waals surface area contributed by atoms with Gasteiger partial charge in [0.25, 0.3) is 0 Å². The molecular weight excluding hydrogens is 288 g/mol. The maximum atomic E-state index is 12.3. The number of piperidine rings is 1. The molecule has 3 atom stereocenters. The molecule has 2 aliphatic rings. The molecule has 1 saturated heterocycles. The number of amides is 1. The minimum Gasteiger partial charge on any atom is -0.444 e. The Labute approximate surface area is 142 Å². The Bertz CT molecular complexity index is 389. The van der Waals surface area contributed by atoms with Gasteiger partial charge in [-0.15, -0.1) is 0 Å². The zero-order chi connectivity index (χ0) is 17.0. The van der Waals surface area contributed by atoms with E-state index in [9.17, 15) is 4.79 Å². The van der Waals surface area contributed by atoms with Gasteiger partial charge in [-0.2, -0.15) is 0 Å². The van der Waals surface area contributed by atoms with Crippen LogP contribution in [0.5, 0.6) is 0 Å². The second-order valence-corrected chi connectivity index (χ2v) is 8.80. The summed E-state index contributed by atoms with van der Waals surface area (Å²) in [7, 11) is 0. The average Bonchev–Trinajstić information content (AvgIpc) is 2.46. The Morgan fingerprint density at radius 2 is 1.83 bits per heavy atom. The van der Waals surface area contributed by atoms with Crippen LogP contribution in [0, 0.1) is 11.8 Å². The third kappa shape index (κ3) is 5.98. The summed E-state index contributed by atoms with van der Waals surface area (Å²) in [6, 6.07) is 1.05. The molecule has 4 nitrogen and oxygen atoms in total. The first-order valence-corrected chi connectivity index (χ1v) is 9.48. The predicted octanol–water partition coefficient (Wildman–Crippen LogP) is 4.19. The maximum absolute atomic E-state index is 12.3. The maximum Gasteiger partial charge on any atom is 0.410 e. The van der Waals surface area contributed by atoms with Crippen LogP contribution in [0.3, 0.4) is 0 Å². The van der Waals surface area contributed by atoms with Gasteiger partial charge in [0.1, 0.15) is 5.60 Å². The monoisotopic (exact) mass is 324 g/mol. The van der Waals surface area contributed by atoms with Crippen molar-refractivity contribution < 1.29 is 9.53 Å². The van der Waals surface area contributed by atoms with Crippen LogP contribution >= 0.6 is 0 Å². The van der Waals surface area contributed by atoms with E-state index in [0.717, 1.165) is 31.3 Å². The van der Waals surface area contributed by atoms with Crippen LogP contribution in [0.25, 0.3) is 0 Å². The summed E-state index contributed by atoms with van der Waals surface area (Å²) in [5, 5.41) is 3.84. The molecule has 1 N–H and O–H groups in total. The number of carbonyl (C=O) groups is 1. The number of rotatable bonds is 3. The quantitative estimate of drug-likeness (QED) is 0.846. The van der Waals surface area contributed by atoms with Gasteiger partial charge in [-0.3, -0.25) is 0 Å². The molecule has 1 heterocycles. The van der Waals surface area contributed by atoms with Gasteiger partial charge in [-0.1, -0.05) is 26.7 Å². The third-order valence-corrected chi connectivity index (χ3v) is 5.20. The van der Waals surface area contributed by atoms with Crippen molar-refractivity contribution in [2.24, 2.45) is 11.8 Å². The molecule has 2 fully saturated rings. The van der Waals surface area contributed by atoms with Gasteiger partial charge in [0, 0.05) is 25.2 Å². The largest absolute Gasteiger partial charge is 0.444 e. The summed E-state index contributed by atoms with van der Waals surface area (Å²) in [5.74, 6) is 1.64. The highest BCUT2D eigenvalue weighted by atomic mass is 16.6. The number of nitrogens with zero attached hydrogens (tertiary/aromatic N) is 1. The Morgan fingerprint density at radius 1 is 1.13 bits per heavy atom. The van der Waals surface area contributed by atoms with Crippen LogP contribution in [0.2, 0.25) is 0 Å². The van der Waals surface area contributed by atoms with Crippen molar-refractivity contribution in [1.82, 2.24) is 10.2 Å². The summed E-state index contributed by atoms with van der Waals surface area (Å²) in [6.07, 6.45) is 7.37. The molecule has 4 heteroatoms. The molecule has 0 bridgehead atoms. The molecule has 134 valence electrons. The Balaban J connectivity index is 1.83. The zero-order valence-electron chi connectivity index (χ0n) is 15.7. The number of nitrogens with one attached hydrogen (secondary N) is 1. The van der Waals surface area contributed by atoms with Crippen LogP contribution in [0.1, 0.15) is 73.1 Å². The fourth-order valence-electron chi connectivity index (χ4n) is 3.92. The minimum atomic E-state index is -0.411. The van der Waals surface area contributed by atoms with Crippen LogP contribution in [-0.2, 0) is 4.74 Å². The second-order valence-electron chi connectivity index (χ2n) is 8.80. The van der Waals surface area contributed by atoms with Gasteiger partial charge in [0.05, 0.1) is 0 Å². The fourth-order valence-corrected chi connectivity index (χ4v) is 3.92. The van der Waals surface area contributed by atoms with E-state index >= 15 is 0 Å². The molecule has 0 aromatic heterocycles. The molecule has 0 radical (unpaired) electrons. The summed E-state index contributed by atoms with van der Waals surface area (Å²) < 4.78 is 5.52. The van der Waals surface area contributed by atoms with E-state index in [-0.39, 0.29) is 6.09 Å². The topological polar surface area (TPSA) is 41.6 Å². The highest BCUT2D eigenvalue weighted by Gasteiger charge is 2.30. The predicted molar refractivity (Wildman–Crippen MR) is 94.5 cm³/mol. The second kappa shape index (κ2) is 7.87. The summed E-state index contributed by atoms with van der Waals surface area (Å²) >= 11 is 0. The van der Waals surface area contributed by atoms with E-state index < -0.39 is 5.60 Å². The zero-order valence-corrected chi connectivity index (χ0v) is 15.7. The van der Waals surface area contributed by atoms with E-state index in [0.29, 0.717) is 12.1 Å². The van der Waals surface area contributed by atoms with Crippen LogP contribution in [0.15, 0.2) is 0 Å². The van der Waals surface area contributed by atoms with Crippen molar-refractivity contribution in [3.05, 3.63) is 0 Å². The standard InChI is InChI=1S/C19H36N2O2/c1-14(2)15-8-6-9-16(12-15)20-17-10-7-11-21(13-17)18(22)23-19(3,4)5/h14-17,20H,6-13H2,1-5H3. The summed E-state index contributed by atoms with van der Waals surface area (Å²) in [5.41, 5.74) is -0.411.